The fourth-order valence-corrected chi connectivity index (χ4v) is 3.54. The fourth-order valence-electron chi connectivity index (χ4n) is 3.06. The number of carboxylic acid groups (broad SMARTS) is 1. The molecule has 0 saturated carbocycles. The van der Waals surface area contributed by atoms with Crippen molar-refractivity contribution in [3.8, 4) is 0 Å². The van der Waals surface area contributed by atoms with E-state index in [4.69, 9.17) is 11.5 Å². The molecular weight excluding hydrogens is 478 g/mol. The van der Waals surface area contributed by atoms with E-state index in [0.29, 0.717) is 5.75 Å². The van der Waals surface area contributed by atoms with Crippen LogP contribution in [0.1, 0.15) is 25.3 Å². The van der Waals surface area contributed by atoms with Crippen molar-refractivity contribution in [2.75, 3.05) is 12.0 Å². The standard InChI is InChI=1S/C22H33N5O7S/c1-12(28)18(21(32)25-15(22(33)34)8-9-35-2)27-20(31)16(11-17(24)29)26-19(30)14(23)10-13-6-4-3-5-7-13/h3-7,12,14-16,18,28H,8-11,23H2,1-2H3,(H2,24,29)(H,25,32)(H,26,30)(H,27,31)(H,33,34). The lowest BCUT2D eigenvalue weighted by Gasteiger charge is -2.26. The van der Waals surface area contributed by atoms with Crippen molar-refractivity contribution >= 4 is 41.4 Å². The summed E-state index contributed by atoms with van der Waals surface area (Å²) in [5.74, 6) is -4.35. The van der Waals surface area contributed by atoms with Crippen LogP contribution in [0.5, 0.6) is 0 Å². The van der Waals surface area contributed by atoms with E-state index >= 15 is 0 Å². The highest BCUT2D eigenvalue weighted by atomic mass is 32.2. The molecule has 0 spiro atoms. The Labute approximate surface area is 207 Å². The van der Waals surface area contributed by atoms with Gasteiger partial charge in [-0.25, -0.2) is 4.79 Å². The molecular formula is C22H33N5O7S. The van der Waals surface area contributed by atoms with E-state index in [9.17, 15) is 34.2 Å². The molecule has 0 saturated heterocycles. The monoisotopic (exact) mass is 511 g/mol. The highest BCUT2D eigenvalue weighted by molar-refractivity contribution is 7.98. The van der Waals surface area contributed by atoms with E-state index in [1.807, 2.05) is 0 Å². The molecule has 0 aromatic heterocycles. The third-order valence-electron chi connectivity index (χ3n) is 4.96. The lowest BCUT2D eigenvalue weighted by molar-refractivity contribution is -0.143. The van der Waals surface area contributed by atoms with Gasteiger partial charge < -0.3 is 37.6 Å². The number of aliphatic hydroxyl groups is 1. The molecule has 5 unspecified atom stereocenters. The van der Waals surface area contributed by atoms with Gasteiger partial charge in [0.2, 0.25) is 23.6 Å². The number of rotatable bonds is 15. The fraction of sp³-hybridized carbons (Fsp3) is 0.500. The molecule has 13 heteroatoms. The first-order valence-corrected chi connectivity index (χ1v) is 12.2. The zero-order valence-electron chi connectivity index (χ0n) is 19.6. The summed E-state index contributed by atoms with van der Waals surface area (Å²) in [4.78, 5) is 60.9. The molecule has 5 atom stereocenters. The van der Waals surface area contributed by atoms with E-state index in [1.54, 1.807) is 36.6 Å². The summed E-state index contributed by atoms with van der Waals surface area (Å²) in [6.45, 7) is 1.22. The first-order chi connectivity index (χ1) is 16.5. The Kier molecular flexibility index (Phi) is 12.8. The van der Waals surface area contributed by atoms with Crippen LogP contribution in [0, 0.1) is 0 Å². The SMILES string of the molecule is CSCCC(NC(=O)C(NC(=O)C(CC(N)=O)NC(=O)C(N)Cc1ccccc1)C(C)O)C(=O)O. The third kappa shape index (κ3) is 10.8. The number of hydrogen-bond acceptors (Lipinski definition) is 8. The minimum absolute atomic E-state index is 0.127. The number of aliphatic carboxylic acids is 1. The Morgan fingerprint density at radius 3 is 2.09 bits per heavy atom. The lowest BCUT2D eigenvalue weighted by atomic mass is 10.0. The van der Waals surface area contributed by atoms with Gasteiger partial charge in [0.1, 0.15) is 18.1 Å². The highest BCUT2D eigenvalue weighted by Crippen LogP contribution is 2.05. The summed E-state index contributed by atoms with van der Waals surface area (Å²) in [5, 5.41) is 26.2. The molecule has 1 rings (SSSR count). The topological polar surface area (TPSA) is 214 Å². The number of benzene rings is 1. The predicted octanol–water partition coefficient (Wildman–Crippen LogP) is -1.90. The highest BCUT2D eigenvalue weighted by Gasteiger charge is 2.33. The maximum atomic E-state index is 12.8. The lowest BCUT2D eigenvalue weighted by Crippen LogP contribution is -2.60. The molecule has 0 fully saturated rings. The molecule has 1 aromatic carbocycles. The van der Waals surface area contributed by atoms with Gasteiger partial charge in [-0.15, -0.1) is 0 Å². The van der Waals surface area contributed by atoms with Crippen molar-refractivity contribution < 1.29 is 34.2 Å². The van der Waals surface area contributed by atoms with Crippen LogP contribution in [0.15, 0.2) is 30.3 Å². The van der Waals surface area contributed by atoms with E-state index < -0.39 is 66.3 Å². The average molecular weight is 512 g/mol. The number of hydrogen-bond donors (Lipinski definition) is 7. The molecule has 0 aliphatic rings. The minimum atomic E-state index is -1.55. The van der Waals surface area contributed by atoms with Crippen LogP contribution in [0.4, 0.5) is 0 Å². The molecule has 4 amide bonds. The van der Waals surface area contributed by atoms with Crippen LogP contribution in [0.3, 0.4) is 0 Å². The van der Waals surface area contributed by atoms with E-state index in [2.05, 4.69) is 16.0 Å². The Bertz CT molecular complexity index is 884. The summed E-state index contributed by atoms with van der Waals surface area (Å²) in [7, 11) is 0. The van der Waals surface area contributed by atoms with Crippen LogP contribution in [-0.4, -0.2) is 82.1 Å². The molecule has 12 nitrogen and oxygen atoms in total. The second-order valence-electron chi connectivity index (χ2n) is 7.94. The van der Waals surface area contributed by atoms with Crippen LogP contribution < -0.4 is 27.4 Å². The molecule has 0 aliphatic heterocycles. The Balaban J connectivity index is 2.91. The molecule has 1 aromatic rings. The normalized spacial score (nSPS) is 15.1. The van der Waals surface area contributed by atoms with Gasteiger partial charge in [-0.2, -0.15) is 11.8 Å². The van der Waals surface area contributed by atoms with Crippen molar-refractivity contribution in [2.24, 2.45) is 11.5 Å². The molecule has 0 heterocycles. The van der Waals surface area contributed by atoms with Gasteiger partial charge in [0.15, 0.2) is 0 Å². The number of thioether (sulfide) groups is 1. The number of amides is 4. The molecule has 0 aliphatic carbocycles. The molecule has 9 N–H and O–H groups in total. The largest absolute Gasteiger partial charge is 0.480 e. The van der Waals surface area contributed by atoms with Crippen molar-refractivity contribution in [3.05, 3.63) is 35.9 Å². The van der Waals surface area contributed by atoms with Crippen LogP contribution in [0.25, 0.3) is 0 Å². The summed E-state index contributed by atoms with van der Waals surface area (Å²) in [6, 6.07) is 3.62. The predicted molar refractivity (Wildman–Crippen MR) is 130 cm³/mol. The van der Waals surface area contributed by atoms with Crippen LogP contribution in [0.2, 0.25) is 0 Å². The third-order valence-corrected chi connectivity index (χ3v) is 5.61. The van der Waals surface area contributed by atoms with Crippen molar-refractivity contribution in [2.45, 2.75) is 56.5 Å². The molecule has 194 valence electrons. The van der Waals surface area contributed by atoms with Crippen LogP contribution >= 0.6 is 11.8 Å². The van der Waals surface area contributed by atoms with Crippen molar-refractivity contribution in [1.29, 1.82) is 0 Å². The van der Waals surface area contributed by atoms with Gasteiger partial charge in [-0.1, -0.05) is 30.3 Å². The zero-order chi connectivity index (χ0) is 26.5. The smallest absolute Gasteiger partial charge is 0.326 e. The average Bonchev–Trinajstić information content (AvgIpc) is 2.79. The maximum Gasteiger partial charge on any atom is 0.326 e. The molecule has 35 heavy (non-hydrogen) atoms. The summed E-state index contributed by atoms with van der Waals surface area (Å²) < 4.78 is 0. The van der Waals surface area contributed by atoms with Crippen molar-refractivity contribution in [1.82, 2.24) is 16.0 Å². The maximum absolute atomic E-state index is 12.8. The minimum Gasteiger partial charge on any atom is -0.480 e. The number of carbonyl (C=O) groups excluding carboxylic acids is 4. The first-order valence-electron chi connectivity index (χ1n) is 10.8. The number of primary amides is 1. The van der Waals surface area contributed by atoms with E-state index in [-0.39, 0.29) is 12.8 Å². The second-order valence-corrected chi connectivity index (χ2v) is 8.92. The van der Waals surface area contributed by atoms with Gasteiger partial charge in [-0.05, 0) is 37.3 Å². The molecule has 0 bridgehead atoms. The number of nitrogens with two attached hydrogens (primary N) is 2. The summed E-state index contributed by atoms with van der Waals surface area (Å²) in [6.07, 6.45) is 0.0677. The zero-order valence-corrected chi connectivity index (χ0v) is 20.4. The van der Waals surface area contributed by atoms with Gasteiger partial charge >= 0.3 is 5.97 Å². The van der Waals surface area contributed by atoms with Gasteiger partial charge in [-0.3, -0.25) is 19.2 Å². The van der Waals surface area contributed by atoms with E-state index in [1.165, 1.54) is 18.7 Å². The number of carboxylic acids is 1. The Hall–Kier alpha value is -3.16. The summed E-state index contributed by atoms with van der Waals surface area (Å²) >= 11 is 1.39. The van der Waals surface area contributed by atoms with Gasteiger partial charge in [0, 0.05) is 0 Å². The quantitative estimate of drug-likeness (QED) is 0.140. The second kappa shape index (κ2) is 15.0. The molecule has 0 radical (unpaired) electrons. The van der Waals surface area contributed by atoms with Crippen molar-refractivity contribution in [3.63, 3.8) is 0 Å². The number of aliphatic hydroxyl groups excluding tert-OH is 1. The van der Waals surface area contributed by atoms with E-state index in [0.717, 1.165) is 5.56 Å². The van der Waals surface area contributed by atoms with Gasteiger partial charge in [0.05, 0.1) is 18.6 Å². The Morgan fingerprint density at radius 1 is 0.971 bits per heavy atom. The number of carbonyl (C=O) groups is 5. The van der Waals surface area contributed by atoms with Gasteiger partial charge in [0.25, 0.3) is 0 Å². The number of nitrogens with one attached hydrogen (secondary N) is 3. The Morgan fingerprint density at radius 2 is 1.57 bits per heavy atom. The first kappa shape index (κ1) is 29.9. The summed E-state index contributed by atoms with van der Waals surface area (Å²) in [5.41, 5.74) is 11.9. The van der Waals surface area contributed by atoms with Crippen LogP contribution in [-0.2, 0) is 30.4 Å².